The van der Waals surface area contributed by atoms with Gasteiger partial charge in [-0.05, 0) is 25.0 Å². The predicted molar refractivity (Wildman–Crippen MR) is 56.2 cm³/mol. The average Bonchev–Trinajstić information content (AvgIpc) is 2.96. The minimum atomic E-state index is 0.157. The average molecular weight is 208 g/mol. The monoisotopic (exact) mass is 208 g/mol. The smallest absolute Gasteiger partial charge is 0.236 e. The van der Waals surface area contributed by atoms with Crippen LogP contribution in [-0.2, 0) is 11.3 Å². The van der Waals surface area contributed by atoms with E-state index in [1.54, 1.807) is 6.26 Å². The van der Waals surface area contributed by atoms with Gasteiger partial charge in [0.25, 0.3) is 0 Å². The van der Waals surface area contributed by atoms with Gasteiger partial charge >= 0.3 is 0 Å². The highest BCUT2D eigenvalue weighted by Gasteiger charge is 2.28. The molecule has 0 aromatic carbocycles. The maximum Gasteiger partial charge on any atom is 0.236 e. The Bertz CT molecular complexity index is 317. The fourth-order valence-corrected chi connectivity index (χ4v) is 1.50. The van der Waals surface area contributed by atoms with Crippen LogP contribution < -0.4 is 5.32 Å². The molecule has 82 valence electrons. The summed E-state index contributed by atoms with van der Waals surface area (Å²) in [6, 6.07) is 4.22. The van der Waals surface area contributed by atoms with Crippen molar-refractivity contribution in [3.05, 3.63) is 24.2 Å². The van der Waals surface area contributed by atoms with E-state index < -0.39 is 0 Å². The Balaban J connectivity index is 1.67. The predicted octanol–water partition coefficient (Wildman–Crippen LogP) is 0.990. The van der Waals surface area contributed by atoms with Crippen molar-refractivity contribution < 1.29 is 9.21 Å². The van der Waals surface area contributed by atoms with Crippen LogP contribution in [0.4, 0.5) is 0 Å². The van der Waals surface area contributed by atoms with E-state index in [9.17, 15) is 4.79 Å². The molecular formula is C11H16N2O2. The molecule has 1 aromatic heterocycles. The van der Waals surface area contributed by atoms with Crippen molar-refractivity contribution in [3.8, 4) is 0 Å². The van der Waals surface area contributed by atoms with Gasteiger partial charge in [-0.3, -0.25) is 4.79 Å². The van der Waals surface area contributed by atoms with E-state index in [2.05, 4.69) is 5.32 Å². The summed E-state index contributed by atoms with van der Waals surface area (Å²) in [4.78, 5) is 13.4. The van der Waals surface area contributed by atoms with E-state index in [1.165, 1.54) is 0 Å². The highest BCUT2D eigenvalue weighted by molar-refractivity contribution is 5.78. The van der Waals surface area contributed by atoms with E-state index in [1.807, 2.05) is 24.1 Å². The number of nitrogens with one attached hydrogen (secondary N) is 1. The molecule has 1 aliphatic rings. The Morgan fingerprint density at radius 1 is 1.67 bits per heavy atom. The molecule has 1 fully saturated rings. The first-order chi connectivity index (χ1) is 7.27. The summed E-state index contributed by atoms with van der Waals surface area (Å²) >= 11 is 0. The number of carbonyl (C=O) groups excluding carboxylic acids is 1. The van der Waals surface area contributed by atoms with E-state index in [0.717, 1.165) is 18.6 Å². The lowest BCUT2D eigenvalue weighted by Gasteiger charge is -2.16. The summed E-state index contributed by atoms with van der Waals surface area (Å²) < 4.78 is 5.15. The first-order valence-corrected chi connectivity index (χ1v) is 5.26. The van der Waals surface area contributed by atoms with Crippen LogP contribution in [0.3, 0.4) is 0 Å². The van der Waals surface area contributed by atoms with Gasteiger partial charge in [-0.1, -0.05) is 0 Å². The third kappa shape index (κ3) is 2.83. The second kappa shape index (κ2) is 4.49. The number of likely N-dealkylation sites (N-methyl/N-ethyl adjacent to an activating group) is 1. The van der Waals surface area contributed by atoms with Gasteiger partial charge in [0.2, 0.25) is 5.91 Å². The standard InChI is InChI=1S/C11H16N2O2/c1-13(9-4-5-9)11(14)8-12-7-10-3-2-6-15-10/h2-3,6,9,12H,4-5,7-8H2,1H3. The number of furan rings is 1. The number of amides is 1. The van der Waals surface area contributed by atoms with Crippen molar-refractivity contribution in [1.29, 1.82) is 0 Å². The molecule has 4 heteroatoms. The lowest BCUT2D eigenvalue weighted by Crippen LogP contribution is -2.36. The molecule has 0 saturated heterocycles. The van der Waals surface area contributed by atoms with Gasteiger partial charge in [-0.25, -0.2) is 0 Å². The Hall–Kier alpha value is -1.29. The number of carbonyl (C=O) groups is 1. The highest BCUT2D eigenvalue weighted by Crippen LogP contribution is 2.25. The van der Waals surface area contributed by atoms with Crippen LogP contribution in [0.2, 0.25) is 0 Å². The van der Waals surface area contributed by atoms with E-state index in [0.29, 0.717) is 19.1 Å². The molecule has 0 spiro atoms. The molecule has 0 atom stereocenters. The summed E-state index contributed by atoms with van der Waals surface area (Å²) in [6.07, 6.45) is 3.94. The molecule has 15 heavy (non-hydrogen) atoms. The van der Waals surface area contributed by atoms with Crippen molar-refractivity contribution in [3.63, 3.8) is 0 Å². The van der Waals surface area contributed by atoms with Gasteiger partial charge in [0, 0.05) is 13.1 Å². The van der Waals surface area contributed by atoms with Crippen molar-refractivity contribution in [2.45, 2.75) is 25.4 Å². The van der Waals surface area contributed by atoms with Gasteiger partial charge in [-0.15, -0.1) is 0 Å². The van der Waals surface area contributed by atoms with E-state index in [4.69, 9.17) is 4.42 Å². The van der Waals surface area contributed by atoms with Crippen LogP contribution >= 0.6 is 0 Å². The minimum absolute atomic E-state index is 0.157. The maximum atomic E-state index is 11.6. The topological polar surface area (TPSA) is 45.5 Å². The third-order valence-corrected chi connectivity index (χ3v) is 2.64. The molecule has 0 bridgehead atoms. The van der Waals surface area contributed by atoms with Gasteiger partial charge in [0.1, 0.15) is 5.76 Å². The van der Waals surface area contributed by atoms with Gasteiger partial charge in [0.15, 0.2) is 0 Å². The van der Waals surface area contributed by atoms with Gasteiger partial charge < -0.3 is 14.6 Å². The molecule has 4 nitrogen and oxygen atoms in total. The molecule has 1 heterocycles. The summed E-state index contributed by atoms with van der Waals surface area (Å²) in [6.45, 7) is 0.991. The van der Waals surface area contributed by atoms with E-state index >= 15 is 0 Å². The van der Waals surface area contributed by atoms with Crippen LogP contribution in [0.5, 0.6) is 0 Å². The molecule has 1 aromatic rings. The molecule has 2 rings (SSSR count). The molecule has 0 radical (unpaired) electrons. The third-order valence-electron chi connectivity index (χ3n) is 2.64. The molecule has 1 aliphatic carbocycles. The number of nitrogens with zero attached hydrogens (tertiary/aromatic N) is 1. The van der Waals surface area contributed by atoms with Crippen molar-refractivity contribution in [2.75, 3.05) is 13.6 Å². The number of hydrogen-bond donors (Lipinski definition) is 1. The first-order valence-electron chi connectivity index (χ1n) is 5.26. The van der Waals surface area contributed by atoms with Gasteiger partial charge in [0.05, 0.1) is 19.4 Å². The summed E-state index contributed by atoms with van der Waals surface area (Å²) in [5.74, 6) is 1.01. The summed E-state index contributed by atoms with van der Waals surface area (Å²) in [5, 5.41) is 3.07. The Morgan fingerprint density at radius 2 is 2.47 bits per heavy atom. The Labute approximate surface area is 89.2 Å². The molecule has 0 unspecified atom stereocenters. The van der Waals surface area contributed by atoms with Crippen LogP contribution in [0.1, 0.15) is 18.6 Å². The zero-order chi connectivity index (χ0) is 10.7. The molecular weight excluding hydrogens is 192 g/mol. The first kappa shape index (κ1) is 10.2. The van der Waals surface area contributed by atoms with Crippen molar-refractivity contribution in [2.24, 2.45) is 0 Å². The number of hydrogen-bond acceptors (Lipinski definition) is 3. The van der Waals surface area contributed by atoms with Crippen LogP contribution in [0, 0.1) is 0 Å². The van der Waals surface area contributed by atoms with Crippen LogP contribution in [0.25, 0.3) is 0 Å². The zero-order valence-corrected chi connectivity index (χ0v) is 8.90. The largest absolute Gasteiger partial charge is 0.468 e. The summed E-state index contributed by atoms with van der Waals surface area (Å²) in [5.41, 5.74) is 0. The fourth-order valence-electron chi connectivity index (χ4n) is 1.50. The number of rotatable bonds is 5. The quantitative estimate of drug-likeness (QED) is 0.785. The SMILES string of the molecule is CN(C(=O)CNCc1ccco1)C1CC1. The Morgan fingerprint density at radius 3 is 3.07 bits per heavy atom. The lowest BCUT2D eigenvalue weighted by atomic mass is 10.4. The van der Waals surface area contributed by atoms with Crippen LogP contribution in [0.15, 0.2) is 22.8 Å². The second-order valence-electron chi connectivity index (χ2n) is 3.92. The lowest BCUT2D eigenvalue weighted by molar-refractivity contribution is -0.129. The highest BCUT2D eigenvalue weighted by atomic mass is 16.3. The van der Waals surface area contributed by atoms with Gasteiger partial charge in [-0.2, -0.15) is 0 Å². The second-order valence-corrected chi connectivity index (χ2v) is 3.92. The minimum Gasteiger partial charge on any atom is -0.468 e. The van der Waals surface area contributed by atoms with Crippen LogP contribution in [-0.4, -0.2) is 30.4 Å². The summed E-state index contributed by atoms with van der Waals surface area (Å²) in [7, 11) is 1.87. The van der Waals surface area contributed by atoms with Crippen molar-refractivity contribution >= 4 is 5.91 Å². The molecule has 1 N–H and O–H groups in total. The normalized spacial score (nSPS) is 15.3. The fraction of sp³-hybridized carbons (Fsp3) is 0.545. The zero-order valence-electron chi connectivity index (χ0n) is 8.90. The van der Waals surface area contributed by atoms with Crippen molar-refractivity contribution in [1.82, 2.24) is 10.2 Å². The maximum absolute atomic E-state index is 11.6. The Kier molecular flexibility index (Phi) is 3.06. The molecule has 1 amide bonds. The molecule has 1 saturated carbocycles. The molecule has 0 aliphatic heterocycles. The van der Waals surface area contributed by atoms with E-state index in [-0.39, 0.29) is 5.91 Å².